The van der Waals surface area contributed by atoms with Gasteiger partial charge in [-0.1, -0.05) is 6.92 Å². The molecule has 2 heterocycles. The van der Waals surface area contributed by atoms with Crippen molar-refractivity contribution in [3.8, 4) is 11.5 Å². The third-order valence-electron chi connectivity index (χ3n) is 2.12. The van der Waals surface area contributed by atoms with E-state index < -0.39 is 0 Å². The number of aromatic nitrogens is 6. The highest BCUT2D eigenvalue weighted by atomic mass is 15.4. The zero-order valence-electron chi connectivity index (χ0n) is 9.10. The lowest BCUT2D eigenvalue weighted by molar-refractivity contribution is 0.531. The Morgan fingerprint density at radius 2 is 2.27 bits per heavy atom. The van der Waals surface area contributed by atoms with Crippen molar-refractivity contribution in [2.75, 3.05) is 0 Å². The van der Waals surface area contributed by atoms with E-state index >= 15 is 0 Å². The summed E-state index contributed by atoms with van der Waals surface area (Å²) in [5.41, 5.74) is 0.732. The summed E-state index contributed by atoms with van der Waals surface area (Å²) in [6, 6.07) is 0.268. The summed E-state index contributed by atoms with van der Waals surface area (Å²) in [4.78, 5) is 4.42. The van der Waals surface area contributed by atoms with Crippen molar-refractivity contribution >= 4 is 0 Å². The fourth-order valence-corrected chi connectivity index (χ4v) is 1.36. The SMILES string of the molecule is CCc1nc(-c2cn[nH]n2)n(C(C)C)n1. The maximum atomic E-state index is 4.42. The number of hydrogen-bond acceptors (Lipinski definition) is 4. The number of H-pyrrole nitrogens is 1. The minimum absolute atomic E-state index is 0.268. The van der Waals surface area contributed by atoms with Gasteiger partial charge < -0.3 is 0 Å². The molecule has 2 aromatic rings. The first-order valence-corrected chi connectivity index (χ1v) is 5.04. The molecule has 0 saturated heterocycles. The Morgan fingerprint density at radius 3 is 2.80 bits per heavy atom. The molecule has 0 unspecified atom stereocenters. The second-order valence-corrected chi connectivity index (χ2v) is 3.60. The summed E-state index contributed by atoms with van der Waals surface area (Å²) < 4.78 is 1.87. The predicted molar refractivity (Wildman–Crippen MR) is 55.2 cm³/mol. The molecule has 0 radical (unpaired) electrons. The van der Waals surface area contributed by atoms with E-state index in [4.69, 9.17) is 0 Å². The lowest BCUT2D eigenvalue weighted by atomic mass is 10.3. The molecule has 1 N–H and O–H groups in total. The quantitative estimate of drug-likeness (QED) is 0.819. The van der Waals surface area contributed by atoms with E-state index in [1.807, 2.05) is 11.6 Å². The average Bonchev–Trinajstić information content (AvgIpc) is 2.86. The number of aryl methyl sites for hydroxylation is 1. The monoisotopic (exact) mass is 206 g/mol. The van der Waals surface area contributed by atoms with E-state index in [0.29, 0.717) is 0 Å². The van der Waals surface area contributed by atoms with Gasteiger partial charge in [-0.3, -0.25) is 0 Å². The Morgan fingerprint density at radius 1 is 1.47 bits per heavy atom. The first kappa shape index (κ1) is 9.82. The summed E-state index contributed by atoms with van der Waals surface area (Å²) in [5.74, 6) is 1.61. The predicted octanol–water partition coefficient (Wildman–Crippen LogP) is 1.21. The van der Waals surface area contributed by atoms with Crippen LogP contribution in [0.15, 0.2) is 6.20 Å². The van der Waals surface area contributed by atoms with Crippen LogP contribution < -0.4 is 0 Å². The zero-order chi connectivity index (χ0) is 10.8. The molecular formula is C9H14N6. The van der Waals surface area contributed by atoms with Gasteiger partial charge in [0.1, 0.15) is 5.69 Å². The van der Waals surface area contributed by atoms with Gasteiger partial charge in [-0.15, -0.1) is 0 Å². The maximum absolute atomic E-state index is 4.42. The van der Waals surface area contributed by atoms with Crippen LogP contribution in [0.3, 0.4) is 0 Å². The Bertz CT molecular complexity index is 427. The molecule has 2 rings (SSSR count). The lowest BCUT2D eigenvalue weighted by Gasteiger charge is -2.06. The largest absolute Gasteiger partial charge is 0.242 e. The van der Waals surface area contributed by atoms with Gasteiger partial charge in [0.05, 0.1) is 6.20 Å². The molecule has 0 aliphatic carbocycles. The molecule has 6 heteroatoms. The third-order valence-corrected chi connectivity index (χ3v) is 2.12. The van der Waals surface area contributed by atoms with Crippen LogP contribution in [0.1, 0.15) is 32.6 Å². The van der Waals surface area contributed by atoms with Gasteiger partial charge >= 0.3 is 0 Å². The van der Waals surface area contributed by atoms with E-state index in [2.05, 4.69) is 39.3 Å². The number of nitrogens with one attached hydrogen (secondary N) is 1. The Balaban J connectivity index is 2.49. The fraction of sp³-hybridized carbons (Fsp3) is 0.556. The second-order valence-electron chi connectivity index (χ2n) is 3.60. The summed E-state index contributed by atoms with van der Waals surface area (Å²) >= 11 is 0. The highest BCUT2D eigenvalue weighted by Crippen LogP contribution is 2.17. The first-order chi connectivity index (χ1) is 7.22. The lowest BCUT2D eigenvalue weighted by Crippen LogP contribution is -2.05. The third kappa shape index (κ3) is 1.74. The summed E-state index contributed by atoms with van der Waals surface area (Å²) in [5, 5.41) is 14.8. The fourth-order valence-electron chi connectivity index (χ4n) is 1.36. The summed E-state index contributed by atoms with van der Waals surface area (Å²) in [6.45, 7) is 6.17. The van der Waals surface area contributed by atoms with E-state index in [-0.39, 0.29) is 6.04 Å². The molecule has 80 valence electrons. The number of aromatic amines is 1. The molecule has 0 aliphatic heterocycles. The van der Waals surface area contributed by atoms with Crippen LogP contribution in [0.4, 0.5) is 0 Å². The van der Waals surface area contributed by atoms with Gasteiger partial charge in [-0.2, -0.15) is 20.5 Å². The molecular weight excluding hydrogens is 192 g/mol. The molecule has 0 atom stereocenters. The molecule has 15 heavy (non-hydrogen) atoms. The van der Waals surface area contributed by atoms with Crippen molar-refractivity contribution < 1.29 is 0 Å². The van der Waals surface area contributed by atoms with Crippen molar-refractivity contribution in [2.24, 2.45) is 0 Å². The van der Waals surface area contributed by atoms with Crippen LogP contribution in [0.2, 0.25) is 0 Å². The van der Waals surface area contributed by atoms with E-state index in [9.17, 15) is 0 Å². The van der Waals surface area contributed by atoms with Gasteiger partial charge in [0.2, 0.25) is 0 Å². The Labute approximate surface area is 87.7 Å². The van der Waals surface area contributed by atoms with Gasteiger partial charge in [-0.05, 0) is 13.8 Å². The standard InChI is InChI=1S/C9H14N6/c1-4-8-11-9(7-5-10-14-12-7)15(13-8)6(2)3/h5-6H,4H2,1-3H3,(H,10,12,14). The maximum Gasteiger partial charge on any atom is 0.180 e. The van der Waals surface area contributed by atoms with Crippen molar-refractivity contribution in [3.63, 3.8) is 0 Å². The molecule has 0 spiro atoms. The summed E-state index contributed by atoms with van der Waals surface area (Å²) in [7, 11) is 0. The Hall–Kier alpha value is -1.72. The highest BCUT2D eigenvalue weighted by Gasteiger charge is 2.14. The molecule has 0 amide bonds. The first-order valence-electron chi connectivity index (χ1n) is 5.04. The molecule has 0 aromatic carbocycles. The molecule has 0 aliphatic rings. The van der Waals surface area contributed by atoms with Crippen LogP contribution in [-0.4, -0.2) is 30.2 Å². The van der Waals surface area contributed by atoms with Gasteiger partial charge in [0.15, 0.2) is 11.6 Å². The zero-order valence-corrected chi connectivity index (χ0v) is 9.10. The Kier molecular flexibility index (Phi) is 2.49. The number of rotatable bonds is 3. The minimum atomic E-state index is 0.268. The second kappa shape index (κ2) is 3.80. The van der Waals surface area contributed by atoms with Crippen molar-refractivity contribution in [2.45, 2.75) is 33.2 Å². The number of hydrogen-bond donors (Lipinski definition) is 1. The smallest absolute Gasteiger partial charge is 0.180 e. The van der Waals surface area contributed by atoms with Crippen molar-refractivity contribution in [3.05, 3.63) is 12.0 Å². The van der Waals surface area contributed by atoms with Crippen LogP contribution in [0.5, 0.6) is 0 Å². The van der Waals surface area contributed by atoms with Gasteiger partial charge in [-0.25, -0.2) is 9.67 Å². The van der Waals surface area contributed by atoms with Gasteiger partial charge in [0.25, 0.3) is 0 Å². The molecule has 2 aromatic heterocycles. The molecule has 0 bridgehead atoms. The normalized spacial score (nSPS) is 11.2. The number of nitrogens with zero attached hydrogens (tertiary/aromatic N) is 5. The van der Waals surface area contributed by atoms with Gasteiger partial charge in [0, 0.05) is 12.5 Å². The molecule has 6 nitrogen and oxygen atoms in total. The van der Waals surface area contributed by atoms with E-state index in [0.717, 1.165) is 23.8 Å². The average molecular weight is 206 g/mol. The van der Waals surface area contributed by atoms with E-state index in [1.165, 1.54) is 0 Å². The topological polar surface area (TPSA) is 72.3 Å². The van der Waals surface area contributed by atoms with Crippen molar-refractivity contribution in [1.29, 1.82) is 0 Å². The minimum Gasteiger partial charge on any atom is -0.242 e. The van der Waals surface area contributed by atoms with Crippen LogP contribution in [0.25, 0.3) is 11.5 Å². The summed E-state index contributed by atoms with van der Waals surface area (Å²) in [6.07, 6.45) is 2.48. The van der Waals surface area contributed by atoms with E-state index in [1.54, 1.807) is 6.20 Å². The molecule has 0 saturated carbocycles. The van der Waals surface area contributed by atoms with Crippen LogP contribution >= 0.6 is 0 Å². The van der Waals surface area contributed by atoms with Crippen LogP contribution in [0, 0.1) is 0 Å². The van der Waals surface area contributed by atoms with Crippen LogP contribution in [-0.2, 0) is 6.42 Å². The van der Waals surface area contributed by atoms with Crippen molar-refractivity contribution in [1.82, 2.24) is 30.2 Å². The highest BCUT2D eigenvalue weighted by molar-refractivity contribution is 5.46. The molecule has 0 fully saturated rings.